The molecule has 1 fully saturated rings. The van der Waals surface area contributed by atoms with Crippen LogP contribution in [0, 0.1) is 23.7 Å². The summed E-state index contributed by atoms with van der Waals surface area (Å²) in [5.41, 5.74) is 1.27. The van der Waals surface area contributed by atoms with Crippen LogP contribution >= 0.6 is 11.6 Å². The molecule has 2 unspecified atom stereocenters. The van der Waals surface area contributed by atoms with E-state index in [4.69, 9.17) is 16.7 Å². The van der Waals surface area contributed by atoms with Crippen LogP contribution in [0.2, 0.25) is 5.02 Å². The average Bonchev–Trinajstić information content (AvgIpc) is 3.15. The maximum atomic E-state index is 12.3. The van der Waals surface area contributed by atoms with E-state index in [9.17, 15) is 4.79 Å². The molecule has 21 heavy (non-hydrogen) atoms. The Morgan fingerprint density at radius 3 is 2.81 bits per heavy atom. The molecule has 0 aliphatic heterocycles. The summed E-state index contributed by atoms with van der Waals surface area (Å²) in [6.45, 7) is 3.04. The first-order chi connectivity index (χ1) is 10.0. The smallest absolute Gasteiger partial charge is 0.253 e. The minimum Gasteiger partial charge on any atom is -0.395 e. The first kappa shape index (κ1) is 15.9. The minimum atomic E-state index is -0.00846. The van der Waals surface area contributed by atoms with Gasteiger partial charge in [0.1, 0.15) is 0 Å². The standard InChI is InChI=1S/C17H20ClNO2/c1-12-9-15(12)11-19(2)17(21)14-7-6-13(16(18)10-14)5-3-4-8-20/h6-7,10,12,15,20H,4,8-9,11H2,1-2H3. The fourth-order valence-corrected chi connectivity index (χ4v) is 2.50. The van der Waals surface area contributed by atoms with Crippen molar-refractivity contribution in [2.24, 2.45) is 11.8 Å². The topological polar surface area (TPSA) is 40.5 Å². The lowest BCUT2D eigenvalue weighted by Gasteiger charge is -2.17. The molecule has 0 heterocycles. The van der Waals surface area contributed by atoms with E-state index < -0.39 is 0 Å². The zero-order valence-electron chi connectivity index (χ0n) is 12.4. The molecule has 112 valence electrons. The average molecular weight is 306 g/mol. The molecular weight excluding hydrogens is 286 g/mol. The Hall–Kier alpha value is -1.50. The van der Waals surface area contributed by atoms with Gasteiger partial charge in [0.15, 0.2) is 0 Å². The summed E-state index contributed by atoms with van der Waals surface area (Å²) in [6.07, 6.45) is 1.62. The summed E-state index contributed by atoms with van der Waals surface area (Å²) in [7, 11) is 1.83. The predicted molar refractivity (Wildman–Crippen MR) is 84.3 cm³/mol. The molecule has 0 bridgehead atoms. The number of benzene rings is 1. The fraction of sp³-hybridized carbons (Fsp3) is 0.471. The molecule has 0 saturated heterocycles. The maximum Gasteiger partial charge on any atom is 0.253 e. The zero-order chi connectivity index (χ0) is 15.4. The Morgan fingerprint density at radius 2 is 2.24 bits per heavy atom. The summed E-state index contributed by atoms with van der Waals surface area (Å²) < 4.78 is 0. The van der Waals surface area contributed by atoms with Gasteiger partial charge < -0.3 is 10.0 Å². The largest absolute Gasteiger partial charge is 0.395 e. The fourth-order valence-electron chi connectivity index (χ4n) is 2.27. The second-order valence-corrected chi connectivity index (χ2v) is 6.04. The highest BCUT2D eigenvalue weighted by Gasteiger charge is 2.34. The lowest BCUT2D eigenvalue weighted by molar-refractivity contribution is 0.0787. The molecule has 1 saturated carbocycles. The van der Waals surface area contributed by atoms with Gasteiger partial charge >= 0.3 is 0 Å². The van der Waals surface area contributed by atoms with Crippen LogP contribution in [0.1, 0.15) is 35.7 Å². The van der Waals surface area contributed by atoms with Gasteiger partial charge in [-0.05, 0) is 36.5 Å². The van der Waals surface area contributed by atoms with Gasteiger partial charge in [-0.1, -0.05) is 30.4 Å². The lowest BCUT2D eigenvalue weighted by atomic mass is 10.1. The van der Waals surface area contributed by atoms with E-state index in [1.807, 2.05) is 7.05 Å². The van der Waals surface area contributed by atoms with Crippen molar-refractivity contribution < 1.29 is 9.90 Å². The highest BCUT2D eigenvalue weighted by Crippen LogP contribution is 2.38. The number of amides is 1. The van der Waals surface area contributed by atoms with Gasteiger partial charge in [-0.3, -0.25) is 4.79 Å². The molecule has 2 rings (SSSR count). The SMILES string of the molecule is CC1CC1CN(C)C(=O)c1ccc(C#CCCO)c(Cl)c1. The second kappa shape index (κ2) is 6.98. The summed E-state index contributed by atoms with van der Waals surface area (Å²) in [5, 5.41) is 9.17. The number of halogens is 1. The van der Waals surface area contributed by atoms with E-state index in [0.29, 0.717) is 28.5 Å². The molecule has 1 amide bonds. The zero-order valence-corrected chi connectivity index (χ0v) is 13.2. The van der Waals surface area contributed by atoms with Crippen LogP contribution in [0.15, 0.2) is 18.2 Å². The van der Waals surface area contributed by atoms with Crippen LogP contribution in [0.4, 0.5) is 0 Å². The molecule has 2 atom stereocenters. The van der Waals surface area contributed by atoms with Crippen LogP contribution in [-0.4, -0.2) is 36.1 Å². The maximum absolute atomic E-state index is 12.3. The van der Waals surface area contributed by atoms with Crippen LogP contribution in [0.25, 0.3) is 0 Å². The Bertz CT molecular complexity index is 588. The van der Waals surface area contributed by atoms with Crippen molar-refractivity contribution >= 4 is 17.5 Å². The van der Waals surface area contributed by atoms with Crippen molar-refractivity contribution in [2.75, 3.05) is 20.2 Å². The number of hydrogen-bond acceptors (Lipinski definition) is 2. The molecule has 3 nitrogen and oxygen atoms in total. The lowest BCUT2D eigenvalue weighted by Crippen LogP contribution is -2.29. The molecule has 1 N–H and O–H groups in total. The van der Waals surface area contributed by atoms with Crippen molar-refractivity contribution in [1.29, 1.82) is 0 Å². The summed E-state index contributed by atoms with van der Waals surface area (Å²) in [5.74, 6) is 7.07. The van der Waals surface area contributed by atoms with E-state index in [0.717, 1.165) is 12.5 Å². The number of rotatable bonds is 4. The van der Waals surface area contributed by atoms with Gasteiger partial charge in [0.25, 0.3) is 5.91 Å². The van der Waals surface area contributed by atoms with Crippen LogP contribution in [-0.2, 0) is 0 Å². The summed E-state index contributed by atoms with van der Waals surface area (Å²) in [6, 6.07) is 5.18. The Balaban J connectivity index is 2.05. The molecule has 1 aromatic carbocycles. The van der Waals surface area contributed by atoms with Crippen LogP contribution in [0.5, 0.6) is 0 Å². The van der Waals surface area contributed by atoms with Gasteiger partial charge in [-0.15, -0.1) is 0 Å². The third-order valence-electron chi connectivity index (χ3n) is 3.81. The molecule has 0 radical (unpaired) electrons. The van der Waals surface area contributed by atoms with Gasteiger partial charge in [-0.25, -0.2) is 0 Å². The van der Waals surface area contributed by atoms with E-state index in [1.165, 1.54) is 6.42 Å². The van der Waals surface area contributed by atoms with Gasteiger partial charge in [0, 0.05) is 31.1 Å². The summed E-state index contributed by atoms with van der Waals surface area (Å²) >= 11 is 6.16. The predicted octanol–water partition coefficient (Wildman–Crippen LogP) is 2.80. The number of carbonyl (C=O) groups excluding carboxylic acids is 1. The molecule has 0 aromatic heterocycles. The molecular formula is C17H20ClNO2. The third kappa shape index (κ3) is 4.23. The van der Waals surface area contributed by atoms with Crippen molar-refractivity contribution in [2.45, 2.75) is 19.8 Å². The number of carbonyl (C=O) groups is 1. The van der Waals surface area contributed by atoms with E-state index >= 15 is 0 Å². The van der Waals surface area contributed by atoms with Crippen molar-refractivity contribution in [1.82, 2.24) is 4.90 Å². The quantitative estimate of drug-likeness (QED) is 0.869. The van der Waals surface area contributed by atoms with Crippen molar-refractivity contribution in [3.8, 4) is 11.8 Å². The normalized spacial score (nSPS) is 19.6. The highest BCUT2D eigenvalue weighted by atomic mass is 35.5. The van der Waals surface area contributed by atoms with E-state index in [-0.39, 0.29) is 12.5 Å². The summed E-state index contributed by atoms with van der Waals surface area (Å²) in [4.78, 5) is 14.1. The van der Waals surface area contributed by atoms with Crippen molar-refractivity contribution in [3.05, 3.63) is 34.3 Å². The van der Waals surface area contributed by atoms with E-state index in [2.05, 4.69) is 18.8 Å². The van der Waals surface area contributed by atoms with Gasteiger partial charge in [-0.2, -0.15) is 0 Å². The number of aliphatic hydroxyl groups is 1. The van der Waals surface area contributed by atoms with Gasteiger partial charge in [0.05, 0.1) is 11.6 Å². The monoisotopic (exact) mass is 305 g/mol. The molecule has 1 aliphatic rings. The van der Waals surface area contributed by atoms with Crippen molar-refractivity contribution in [3.63, 3.8) is 0 Å². The van der Waals surface area contributed by atoms with Crippen LogP contribution in [0.3, 0.4) is 0 Å². The minimum absolute atomic E-state index is 0.00846. The molecule has 1 aliphatic carbocycles. The van der Waals surface area contributed by atoms with E-state index in [1.54, 1.807) is 23.1 Å². The molecule has 0 spiro atoms. The third-order valence-corrected chi connectivity index (χ3v) is 4.12. The number of aliphatic hydroxyl groups excluding tert-OH is 1. The number of hydrogen-bond donors (Lipinski definition) is 1. The first-order valence-corrected chi connectivity index (χ1v) is 7.55. The molecule has 4 heteroatoms. The molecule has 1 aromatic rings. The second-order valence-electron chi connectivity index (χ2n) is 5.63. The Morgan fingerprint density at radius 1 is 1.52 bits per heavy atom. The van der Waals surface area contributed by atoms with Crippen LogP contribution < -0.4 is 0 Å². The Kier molecular flexibility index (Phi) is 5.27. The Labute approximate surface area is 130 Å². The first-order valence-electron chi connectivity index (χ1n) is 7.17. The number of nitrogens with zero attached hydrogens (tertiary/aromatic N) is 1. The highest BCUT2D eigenvalue weighted by molar-refractivity contribution is 6.32. The van der Waals surface area contributed by atoms with Gasteiger partial charge in [0.2, 0.25) is 0 Å².